The smallest absolute Gasteiger partial charge is 0.416 e. The predicted octanol–water partition coefficient (Wildman–Crippen LogP) is 3.41. The van der Waals surface area contributed by atoms with E-state index in [0.29, 0.717) is 0 Å². The minimum absolute atomic E-state index is 0.0261. The summed E-state index contributed by atoms with van der Waals surface area (Å²) >= 11 is 0. The average molecular weight is 269 g/mol. The van der Waals surface area contributed by atoms with Crippen LogP contribution >= 0.6 is 0 Å². The Labute approximate surface area is 106 Å². The summed E-state index contributed by atoms with van der Waals surface area (Å²) in [5, 5.41) is 9.03. The fourth-order valence-corrected chi connectivity index (χ4v) is 1.85. The Balaban J connectivity index is 2.57. The lowest BCUT2D eigenvalue weighted by Crippen LogP contribution is -2.04. The van der Waals surface area contributed by atoms with Gasteiger partial charge >= 0.3 is 12.1 Å². The molecule has 0 aliphatic heterocycles. The molecule has 1 aromatic heterocycles. The molecule has 0 bridgehead atoms. The standard InChI is InChI=1S/C13H10F3NO2/c1-17-6-10(11(7-17)12(18)19)8-3-2-4-9(5-8)13(14,15)16/h2-7H,1H3,(H,18,19). The number of nitrogens with zero attached hydrogens (tertiary/aromatic N) is 1. The molecule has 2 rings (SSSR count). The Morgan fingerprint density at radius 2 is 1.95 bits per heavy atom. The highest BCUT2D eigenvalue weighted by atomic mass is 19.4. The maximum atomic E-state index is 12.6. The van der Waals surface area contributed by atoms with Crippen molar-refractivity contribution < 1.29 is 23.1 Å². The minimum atomic E-state index is -4.45. The summed E-state index contributed by atoms with van der Waals surface area (Å²) in [5.74, 6) is -1.17. The highest BCUT2D eigenvalue weighted by Crippen LogP contribution is 2.33. The third-order valence-electron chi connectivity index (χ3n) is 2.69. The number of alkyl halides is 3. The van der Waals surface area contributed by atoms with Gasteiger partial charge in [-0.2, -0.15) is 13.2 Å². The summed E-state index contributed by atoms with van der Waals surface area (Å²) in [6, 6.07) is 4.61. The molecule has 0 aliphatic carbocycles. The van der Waals surface area contributed by atoms with Gasteiger partial charge in [0.1, 0.15) is 0 Å². The van der Waals surface area contributed by atoms with Gasteiger partial charge in [-0.15, -0.1) is 0 Å². The van der Waals surface area contributed by atoms with Crippen molar-refractivity contribution in [3.8, 4) is 11.1 Å². The van der Waals surface area contributed by atoms with Gasteiger partial charge in [-0.1, -0.05) is 12.1 Å². The number of benzene rings is 1. The number of aromatic nitrogens is 1. The van der Waals surface area contributed by atoms with Crippen LogP contribution in [0.2, 0.25) is 0 Å². The van der Waals surface area contributed by atoms with Gasteiger partial charge in [0.15, 0.2) is 0 Å². The minimum Gasteiger partial charge on any atom is -0.478 e. The van der Waals surface area contributed by atoms with Gasteiger partial charge < -0.3 is 9.67 Å². The molecule has 0 aliphatic rings. The van der Waals surface area contributed by atoms with Gasteiger partial charge in [0, 0.05) is 25.0 Å². The van der Waals surface area contributed by atoms with Gasteiger partial charge in [0.2, 0.25) is 0 Å². The van der Waals surface area contributed by atoms with Crippen molar-refractivity contribution in [2.75, 3.05) is 0 Å². The molecule has 1 aromatic carbocycles. The molecule has 0 atom stereocenters. The molecule has 0 saturated carbocycles. The summed E-state index contributed by atoms with van der Waals surface area (Å²) in [6.07, 6.45) is -1.61. The molecular formula is C13H10F3NO2. The normalized spacial score (nSPS) is 11.6. The number of carboxylic acids is 1. The summed E-state index contributed by atoms with van der Waals surface area (Å²) in [4.78, 5) is 11.1. The van der Waals surface area contributed by atoms with E-state index in [0.717, 1.165) is 12.1 Å². The van der Waals surface area contributed by atoms with Crippen LogP contribution in [0, 0.1) is 0 Å². The van der Waals surface area contributed by atoms with E-state index in [1.165, 1.54) is 29.1 Å². The van der Waals surface area contributed by atoms with Crippen molar-refractivity contribution in [1.82, 2.24) is 4.57 Å². The quantitative estimate of drug-likeness (QED) is 0.907. The Morgan fingerprint density at radius 1 is 1.26 bits per heavy atom. The van der Waals surface area contributed by atoms with E-state index in [-0.39, 0.29) is 16.7 Å². The molecule has 0 spiro atoms. The lowest BCUT2D eigenvalue weighted by molar-refractivity contribution is -0.137. The molecule has 0 fully saturated rings. The fraction of sp³-hybridized carbons (Fsp3) is 0.154. The molecule has 19 heavy (non-hydrogen) atoms. The summed E-state index contributed by atoms with van der Waals surface area (Å²) in [7, 11) is 1.61. The molecule has 0 radical (unpaired) electrons. The van der Waals surface area contributed by atoms with Crippen molar-refractivity contribution in [2.24, 2.45) is 7.05 Å². The fourth-order valence-electron chi connectivity index (χ4n) is 1.85. The van der Waals surface area contributed by atoms with Crippen LogP contribution in [0.25, 0.3) is 11.1 Å². The zero-order chi connectivity index (χ0) is 14.2. The highest BCUT2D eigenvalue weighted by molar-refractivity contribution is 5.96. The monoisotopic (exact) mass is 269 g/mol. The maximum Gasteiger partial charge on any atom is 0.416 e. The first-order valence-corrected chi connectivity index (χ1v) is 5.36. The number of carbonyl (C=O) groups is 1. The van der Waals surface area contributed by atoms with Gasteiger partial charge in [-0.3, -0.25) is 0 Å². The van der Waals surface area contributed by atoms with Crippen LogP contribution in [0.5, 0.6) is 0 Å². The Kier molecular flexibility index (Phi) is 3.09. The second kappa shape index (κ2) is 4.46. The van der Waals surface area contributed by atoms with Crippen LogP contribution in [0.3, 0.4) is 0 Å². The molecule has 2 aromatic rings. The molecule has 3 nitrogen and oxygen atoms in total. The van der Waals surface area contributed by atoms with E-state index in [9.17, 15) is 18.0 Å². The van der Waals surface area contributed by atoms with Gasteiger partial charge in [-0.05, 0) is 17.7 Å². The zero-order valence-electron chi connectivity index (χ0n) is 9.90. The van der Waals surface area contributed by atoms with Crippen molar-refractivity contribution in [2.45, 2.75) is 6.18 Å². The third-order valence-corrected chi connectivity index (χ3v) is 2.69. The lowest BCUT2D eigenvalue weighted by Gasteiger charge is -2.08. The number of aryl methyl sites for hydroxylation is 1. The van der Waals surface area contributed by atoms with E-state index in [1.54, 1.807) is 7.05 Å². The molecular weight excluding hydrogens is 259 g/mol. The predicted molar refractivity (Wildman–Crippen MR) is 62.8 cm³/mol. The molecule has 6 heteroatoms. The topological polar surface area (TPSA) is 42.2 Å². The van der Waals surface area contributed by atoms with Crippen molar-refractivity contribution in [1.29, 1.82) is 0 Å². The Morgan fingerprint density at radius 3 is 2.53 bits per heavy atom. The van der Waals surface area contributed by atoms with Crippen LogP contribution in [-0.4, -0.2) is 15.6 Å². The number of aromatic carboxylic acids is 1. The molecule has 1 N–H and O–H groups in total. The van der Waals surface area contributed by atoms with Crippen LogP contribution in [-0.2, 0) is 13.2 Å². The average Bonchev–Trinajstić information content (AvgIpc) is 2.71. The van der Waals surface area contributed by atoms with E-state index in [2.05, 4.69) is 0 Å². The number of hydrogen-bond acceptors (Lipinski definition) is 1. The molecule has 0 amide bonds. The van der Waals surface area contributed by atoms with E-state index >= 15 is 0 Å². The first-order valence-electron chi connectivity index (χ1n) is 5.36. The molecule has 100 valence electrons. The third kappa shape index (κ3) is 2.62. The highest BCUT2D eigenvalue weighted by Gasteiger charge is 2.30. The first-order chi connectivity index (χ1) is 8.79. The van der Waals surface area contributed by atoms with Crippen LogP contribution < -0.4 is 0 Å². The molecule has 0 unspecified atom stereocenters. The second-order valence-electron chi connectivity index (χ2n) is 4.13. The van der Waals surface area contributed by atoms with Gasteiger partial charge in [0.05, 0.1) is 11.1 Å². The number of hydrogen-bond donors (Lipinski definition) is 1. The van der Waals surface area contributed by atoms with Crippen molar-refractivity contribution in [3.63, 3.8) is 0 Å². The second-order valence-corrected chi connectivity index (χ2v) is 4.13. The molecule has 0 saturated heterocycles. The Bertz CT molecular complexity index is 629. The number of rotatable bonds is 2. The number of halogens is 3. The molecule has 1 heterocycles. The number of carboxylic acid groups (broad SMARTS) is 1. The van der Waals surface area contributed by atoms with E-state index in [1.807, 2.05) is 0 Å². The lowest BCUT2D eigenvalue weighted by atomic mass is 10.0. The van der Waals surface area contributed by atoms with E-state index in [4.69, 9.17) is 5.11 Å². The van der Waals surface area contributed by atoms with Gasteiger partial charge in [-0.25, -0.2) is 4.79 Å². The Hall–Kier alpha value is -2.24. The van der Waals surface area contributed by atoms with Crippen LogP contribution in [0.1, 0.15) is 15.9 Å². The van der Waals surface area contributed by atoms with Crippen molar-refractivity contribution >= 4 is 5.97 Å². The summed E-state index contributed by atoms with van der Waals surface area (Å²) in [5.41, 5.74) is -0.332. The van der Waals surface area contributed by atoms with Crippen LogP contribution in [0.4, 0.5) is 13.2 Å². The first kappa shape index (κ1) is 13.2. The zero-order valence-corrected chi connectivity index (χ0v) is 9.90. The summed E-state index contributed by atoms with van der Waals surface area (Å²) < 4.78 is 39.4. The van der Waals surface area contributed by atoms with Crippen molar-refractivity contribution in [3.05, 3.63) is 47.8 Å². The van der Waals surface area contributed by atoms with Gasteiger partial charge in [0.25, 0.3) is 0 Å². The SMILES string of the molecule is Cn1cc(C(=O)O)c(-c2cccc(C(F)(F)F)c2)c1. The largest absolute Gasteiger partial charge is 0.478 e. The summed E-state index contributed by atoms with van der Waals surface area (Å²) in [6.45, 7) is 0. The maximum absolute atomic E-state index is 12.6. The van der Waals surface area contributed by atoms with Crippen LogP contribution in [0.15, 0.2) is 36.7 Å². The van der Waals surface area contributed by atoms with E-state index < -0.39 is 17.7 Å².